The number of carbonyl (C=O) groups excluding carboxylic acids is 1. The maximum atomic E-state index is 13.0. The molecular formula is C20H20N6O2S. The SMILES string of the molecule is CCn1cc(C(=O)Nc2nnc(C(C)C)s2)c2nn(-c3ccccc3)c(=O)c-2c1. The Labute approximate surface area is 171 Å². The highest BCUT2D eigenvalue weighted by Gasteiger charge is 2.25. The number of rotatable bonds is 5. The highest BCUT2D eigenvalue weighted by atomic mass is 32.1. The smallest absolute Gasteiger partial charge is 0.282 e. The minimum atomic E-state index is -0.373. The number of hydrogen-bond acceptors (Lipinski definition) is 6. The van der Waals surface area contributed by atoms with E-state index in [9.17, 15) is 9.59 Å². The second-order valence-corrected chi connectivity index (χ2v) is 7.88. The summed E-state index contributed by atoms with van der Waals surface area (Å²) in [4.78, 5) is 25.9. The van der Waals surface area contributed by atoms with Crippen LogP contribution in [0.15, 0.2) is 47.5 Å². The third-order valence-corrected chi connectivity index (χ3v) is 5.63. The first-order valence-electron chi connectivity index (χ1n) is 9.31. The molecule has 0 fully saturated rings. The van der Waals surface area contributed by atoms with E-state index < -0.39 is 0 Å². The van der Waals surface area contributed by atoms with Crippen LogP contribution < -0.4 is 10.9 Å². The molecule has 29 heavy (non-hydrogen) atoms. The van der Waals surface area contributed by atoms with Gasteiger partial charge in [-0.25, -0.2) is 0 Å². The Balaban J connectivity index is 1.78. The van der Waals surface area contributed by atoms with Crippen LogP contribution in [-0.2, 0) is 6.54 Å². The summed E-state index contributed by atoms with van der Waals surface area (Å²) < 4.78 is 3.12. The molecule has 0 radical (unpaired) electrons. The number of nitrogens with zero attached hydrogens (tertiary/aromatic N) is 5. The third kappa shape index (κ3) is 3.56. The molecule has 2 aliphatic heterocycles. The molecule has 0 saturated heterocycles. The molecule has 2 aromatic rings. The van der Waals surface area contributed by atoms with Crippen LogP contribution in [0.3, 0.4) is 0 Å². The molecule has 9 heteroatoms. The van der Waals surface area contributed by atoms with Gasteiger partial charge < -0.3 is 4.57 Å². The Morgan fingerprint density at radius 3 is 2.59 bits per heavy atom. The van der Waals surface area contributed by atoms with Gasteiger partial charge in [0.15, 0.2) is 0 Å². The van der Waals surface area contributed by atoms with Gasteiger partial charge in [0.25, 0.3) is 11.5 Å². The lowest BCUT2D eigenvalue weighted by Crippen LogP contribution is -2.17. The molecule has 0 bridgehead atoms. The van der Waals surface area contributed by atoms with Crippen LogP contribution in [0.1, 0.15) is 42.1 Å². The van der Waals surface area contributed by atoms with Gasteiger partial charge in [0.1, 0.15) is 10.7 Å². The molecule has 2 aliphatic rings. The highest BCUT2D eigenvalue weighted by molar-refractivity contribution is 7.15. The van der Waals surface area contributed by atoms with E-state index in [2.05, 4.69) is 20.6 Å². The van der Waals surface area contributed by atoms with Gasteiger partial charge in [0, 0.05) is 24.9 Å². The predicted octanol–water partition coefficient (Wildman–Crippen LogP) is 3.39. The number of fused-ring (bicyclic) bond motifs is 1. The minimum Gasteiger partial charge on any atom is -0.353 e. The summed E-state index contributed by atoms with van der Waals surface area (Å²) in [6, 6.07) is 9.14. The molecule has 1 aromatic heterocycles. The van der Waals surface area contributed by atoms with Crippen molar-refractivity contribution in [3.05, 3.63) is 63.7 Å². The second kappa shape index (κ2) is 7.59. The lowest BCUT2D eigenvalue weighted by molar-refractivity contribution is 0.102. The number of benzene rings is 1. The number of aromatic nitrogens is 5. The van der Waals surface area contributed by atoms with Crippen molar-refractivity contribution < 1.29 is 4.79 Å². The van der Waals surface area contributed by atoms with Gasteiger partial charge in [0.05, 0.1) is 16.8 Å². The Morgan fingerprint density at radius 1 is 1.17 bits per heavy atom. The topological polar surface area (TPSA) is 94.7 Å². The molecular weight excluding hydrogens is 388 g/mol. The standard InChI is InChI=1S/C20H20N6O2S/c1-4-25-10-14(17(27)21-20-23-22-18(29-20)12(2)3)16-15(11-25)19(28)26(24-16)13-8-6-5-7-9-13/h5-12H,4H2,1-3H3,(H,21,23,27). The van der Waals surface area contributed by atoms with Crippen molar-refractivity contribution in [3.8, 4) is 16.9 Å². The summed E-state index contributed by atoms with van der Waals surface area (Å²) in [5.41, 5.74) is 1.45. The molecule has 0 aliphatic carbocycles. The molecule has 148 valence electrons. The summed E-state index contributed by atoms with van der Waals surface area (Å²) in [7, 11) is 0. The van der Waals surface area contributed by atoms with Crippen molar-refractivity contribution in [3.63, 3.8) is 0 Å². The second-order valence-electron chi connectivity index (χ2n) is 6.87. The number of aryl methyl sites for hydroxylation is 1. The number of nitrogens with one attached hydrogen (secondary N) is 1. The first-order chi connectivity index (χ1) is 14.0. The zero-order valence-corrected chi connectivity index (χ0v) is 17.1. The van der Waals surface area contributed by atoms with Crippen LogP contribution in [0.5, 0.6) is 0 Å². The number of anilines is 1. The van der Waals surface area contributed by atoms with E-state index in [-0.39, 0.29) is 17.4 Å². The Morgan fingerprint density at radius 2 is 1.93 bits per heavy atom. The van der Waals surface area contributed by atoms with Crippen LogP contribution in [0, 0.1) is 0 Å². The fourth-order valence-electron chi connectivity index (χ4n) is 2.94. The van der Waals surface area contributed by atoms with E-state index in [4.69, 9.17) is 0 Å². The number of hydrogen-bond donors (Lipinski definition) is 1. The molecule has 3 heterocycles. The number of amides is 1. The maximum Gasteiger partial charge on any atom is 0.282 e. The number of para-hydroxylation sites is 1. The van der Waals surface area contributed by atoms with E-state index in [1.54, 1.807) is 29.1 Å². The molecule has 1 aromatic carbocycles. The molecule has 0 atom stereocenters. The van der Waals surface area contributed by atoms with E-state index in [1.165, 1.54) is 16.0 Å². The average molecular weight is 408 g/mol. The van der Waals surface area contributed by atoms with Gasteiger partial charge in [-0.15, -0.1) is 10.2 Å². The summed E-state index contributed by atoms with van der Waals surface area (Å²) in [6.45, 7) is 6.59. The summed E-state index contributed by atoms with van der Waals surface area (Å²) >= 11 is 1.34. The molecule has 1 N–H and O–H groups in total. The first-order valence-corrected chi connectivity index (χ1v) is 10.1. The Hall–Kier alpha value is -3.33. The predicted molar refractivity (Wildman–Crippen MR) is 112 cm³/mol. The van der Waals surface area contributed by atoms with Crippen molar-refractivity contribution in [2.75, 3.05) is 5.32 Å². The quantitative estimate of drug-likeness (QED) is 0.546. The number of pyridine rings is 1. The monoisotopic (exact) mass is 408 g/mol. The van der Waals surface area contributed by atoms with Crippen molar-refractivity contribution in [2.24, 2.45) is 0 Å². The number of carbonyl (C=O) groups is 1. The van der Waals surface area contributed by atoms with Gasteiger partial charge in [-0.2, -0.15) is 9.78 Å². The van der Waals surface area contributed by atoms with Crippen molar-refractivity contribution in [2.45, 2.75) is 33.2 Å². The van der Waals surface area contributed by atoms with Gasteiger partial charge in [-0.1, -0.05) is 43.4 Å². The fourth-order valence-corrected chi connectivity index (χ4v) is 3.68. The third-order valence-electron chi connectivity index (χ3n) is 4.49. The van der Waals surface area contributed by atoms with Crippen molar-refractivity contribution in [1.82, 2.24) is 24.5 Å². The molecule has 0 saturated carbocycles. The van der Waals surface area contributed by atoms with Crippen LogP contribution in [0.4, 0.5) is 5.13 Å². The lowest BCUT2D eigenvalue weighted by atomic mass is 10.1. The van der Waals surface area contributed by atoms with Crippen LogP contribution in [0.2, 0.25) is 0 Å². The maximum absolute atomic E-state index is 13.0. The molecule has 4 rings (SSSR count). The van der Waals surface area contributed by atoms with E-state index in [1.807, 2.05) is 39.0 Å². The minimum absolute atomic E-state index is 0.230. The highest BCUT2D eigenvalue weighted by Crippen LogP contribution is 2.26. The fraction of sp³-hybridized carbons (Fsp3) is 0.250. The zero-order valence-electron chi connectivity index (χ0n) is 16.3. The average Bonchev–Trinajstić information content (AvgIpc) is 3.33. The van der Waals surface area contributed by atoms with Crippen LogP contribution in [0.25, 0.3) is 16.9 Å². The van der Waals surface area contributed by atoms with Crippen molar-refractivity contribution >= 4 is 22.4 Å². The van der Waals surface area contributed by atoms with Gasteiger partial charge >= 0.3 is 0 Å². The molecule has 1 amide bonds. The molecule has 8 nitrogen and oxygen atoms in total. The van der Waals surface area contributed by atoms with E-state index in [0.717, 1.165) is 5.01 Å². The van der Waals surface area contributed by atoms with E-state index >= 15 is 0 Å². The van der Waals surface area contributed by atoms with Crippen LogP contribution >= 0.6 is 11.3 Å². The summed E-state index contributed by atoms with van der Waals surface area (Å²) in [5, 5.41) is 16.6. The van der Waals surface area contributed by atoms with E-state index in [0.29, 0.717) is 34.2 Å². The first kappa shape index (κ1) is 19.0. The lowest BCUT2D eigenvalue weighted by Gasteiger charge is -2.10. The summed E-state index contributed by atoms with van der Waals surface area (Å²) in [5.74, 6) is -0.143. The van der Waals surface area contributed by atoms with Gasteiger partial charge in [-0.05, 0) is 19.1 Å². The van der Waals surface area contributed by atoms with Crippen LogP contribution in [-0.4, -0.2) is 30.5 Å². The summed E-state index contributed by atoms with van der Waals surface area (Å²) in [6.07, 6.45) is 3.42. The Kier molecular flexibility index (Phi) is 4.98. The normalized spacial score (nSPS) is 11.3. The molecule has 0 unspecified atom stereocenters. The van der Waals surface area contributed by atoms with Crippen molar-refractivity contribution in [1.29, 1.82) is 0 Å². The molecule has 0 spiro atoms. The largest absolute Gasteiger partial charge is 0.353 e. The zero-order chi connectivity index (χ0) is 20.5. The Bertz CT molecular complexity index is 1190. The van der Waals surface area contributed by atoms with Gasteiger partial charge in [0.2, 0.25) is 5.13 Å². The van der Waals surface area contributed by atoms with Gasteiger partial charge in [-0.3, -0.25) is 14.9 Å².